The molecular weight excluding hydrogens is 384 g/mol. The van der Waals surface area contributed by atoms with Crippen molar-refractivity contribution in [2.75, 3.05) is 14.2 Å². The molecule has 2 aromatic rings. The lowest BCUT2D eigenvalue weighted by Gasteiger charge is -2.13. The van der Waals surface area contributed by atoms with Gasteiger partial charge in [-0.3, -0.25) is 14.8 Å². The Labute approximate surface area is 175 Å². The molecule has 0 heterocycles. The number of methoxy groups -OCH3 is 2. The second kappa shape index (κ2) is 9.76. The first-order chi connectivity index (χ1) is 14.5. The minimum atomic E-state index is -0.605. The van der Waals surface area contributed by atoms with Crippen molar-refractivity contribution in [3.63, 3.8) is 0 Å². The van der Waals surface area contributed by atoms with Crippen molar-refractivity contribution in [2.24, 2.45) is 0 Å². The quantitative estimate of drug-likeness (QED) is 0.270. The van der Waals surface area contributed by atoms with Crippen molar-refractivity contribution < 1.29 is 24.3 Å². The summed E-state index contributed by atoms with van der Waals surface area (Å²) in [5, 5.41) is 11.6. The highest BCUT2D eigenvalue weighted by Crippen LogP contribution is 2.32. The van der Waals surface area contributed by atoms with Crippen molar-refractivity contribution in [3.05, 3.63) is 65.2 Å². The van der Waals surface area contributed by atoms with Crippen LogP contribution in [0.15, 0.2) is 48.5 Å². The SMILES string of the molecule is COc1ccc(C(=Cc2ccc(/C=C/C(=O)NO)cc2)C(=O)NC2CC2)cc1OC. The van der Waals surface area contributed by atoms with Crippen LogP contribution in [0.25, 0.3) is 17.7 Å². The van der Waals surface area contributed by atoms with Crippen LogP contribution < -0.4 is 20.3 Å². The highest BCUT2D eigenvalue weighted by atomic mass is 16.5. The Morgan fingerprint density at radius 2 is 1.67 bits per heavy atom. The molecule has 0 aromatic heterocycles. The predicted octanol–water partition coefficient (Wildman–Crippen LogP) is 3.04. The third-order valence-corrected chi connectivity index (χ3v) is 4.64. The van der Waals surface area contributed by atoms with Gasteiger partial charge in [0.25, 0.3) is 11.8 Å². The van der Waals surface area contributed by atoms with Crippen molar-refractivity contribution >= 4 is 29.5 Å². The Bertz CT molecular complexity index is 976. The van der Waals surface area contributed by atoms with Crippen molar-refractivity contribution in [1.82, 2.24) is 10.8 Å². The summed E-state index contributed by atoms with van der Waals surface area (Å²) in [6, 6.07) is 12.9. The number of ether oxygens (including phenoxy) is 2. The topological polar surface area (TPSA) is 96.9 Å². The number of carbonyl (C=O) groups is 2. The van der Waals surface area contributed by atoms with Crippen molar-refractivity contribution in [1.29, 1.82) is 0 Å². The van der Waals surface area contributed by atoms with Gasteiger partial charge in [0.05, 0.1) is 14.2 Å². The third kappa shape index (κ3) is 5.48. The molecule has 0 unspecified atom stereocenters. The largest absolute Gasteiger partial charge is 0.493 e. The molecule has 1 fully saturated rings. The first kappa shape index (κ1) is 21.1. The molecule has 3 N–H and O–H groups in total. The van der Waals surface area contributed by atoms with Crippen molar-refractivity contribution in [2.45, 2.75) is 18.9 Å². The molecule has 7 heteroatoms. The van der Waals surface area contributed by atoms with Gasteiger partial charge in [0.15, 0.2) is 11.5 Å². The number of hydrogen-bond donors (Lipinski definition) is 3. The lowest BCUT2D eigenvalue weighted by atomic mass is 10.0. The van der Waals surface area contributed by atoms with E-state index in [1.807, 2.05) is 36.4 Å². The van der Waals surface area contributed by atoms with Gasteiger partial charge in [0.2, 0.25) is 0 Å². The summed E-state index contributed by atoms with van der Waals surface area (Å²) in [6.45, 7) is 0. The molecule has 1 aliphatic rings. The Morgan fingerprint density at radius 1 is 1.00 bits per heavy atom. The van der Waals surface area contributed by atoms with Crippen LogP contribution >= 0.6 is 0 Å². The van der Waals surface area contributed by atoms with Crippen LogP contribution in [-0.2, 0) is 9.59 Å². The first-order valence-electron chi connectivity index (χ1n) is 9.51. The summed E-state index contributed by atoms with van der Waals surface area (Å²) in [7, 11) is 3.12. The molecule has 7 nitrogen and oxygen atoms in total. The van der Waals surface area contributed by atoms with E-state index in [2.05, 4.69) is 5.32 Å². The fourth-order valence-electron chi connectivity index (χ4n) is 2.85. The van der Waals surface area contributed by atoms with Crippen LogP contribution in [-0.4, -0.2) is 37.3 Å². The summed E-state index contributed by atoms with van der Waals surface area (Å²) in [5.41, 5.74) is 4.39. The molecule has 156 valence electrons. The normalized spacial score (nSPS) is 13.8. The Balaban J connectivity index is 1.92. The number of benzene rings is 2. The second-order valence-corrected chi connectivity index (χ2v) is 6.85. The fraction of sp³-hybridized carbons (Fsp3) is 0.217. The van der Waals surface area contributed by atoms with Crippen LogP contribution in [0, 0.1) is 0 Å². The highest BCUT2D eigenvalue weighted by molar-refractivity contribution is 6.24. The highest BCUT2D eigenvalue weighted by Gasteiger charge is 2.25. The Kier molecular flexibility index (Phi) is 6.87. The Morgan fingerprint density at radius 3 is 2.27 bits per heavy atom. The monoisotopic (exact) mass is 408 g/mol. The summed E-state index contributed by atoms with van der Waals surface area (Å²) < 4.78 is 10.7. The average Bonchev–Trinajstić information content (AvgIpc) is 3.59. The number of amides is 2. The molecule has 0 aliphatic heterocycles. The molecule has 1 aliphatic carbocycles. The van der Waals surface area contributed by atoms with Crippen LogP contribution in [0.4, 0.5) is 0 Å². The average molecular weight is 408 g/mol. The molecule has 0 bridgehead atoms. The van der Waals surface area contributed by atoms with Crippen LogP contribution in [0.1, 0.15) is 29.5 Å². The minimum absolute atomic E-state index is 0.145. The third-order valence-electron chi connectivity index (χ3n) is 4.64. The smallest absolute Gasteiger partial charge is 0.267 e. The first-order valence-corrected chi connectivity index (χ1v) is 9.51. The summed E-state index contributed by atoms with van der Waals surface area (Å²) in [5.74, 6) is 0.383. The van der Waals surface area contributed by atoms with Gasteiger partial charge < -0.3 is 14.8 Å². The summed E-state index contributed by atoms with van der Waals surface area (Å²) in [4.78, 5) is 24.0. The molecule has 3 rings (SSSR count). The van der Waals surface area contributed by atoms with Crippen LogP contribution in [0.5, 0.6) is 11.5 Å². The van der Waals surface area contributed by atoms with E-state index >= 15 is 0 Å². The molecule has 0 saturated heterocycles. The number of hydroxylamine groups is 1. The lowest BCUT2D eigenvalue weighted by molar-refractivity contribution is -0.124. The lowest BCUT2D eigenvalue weighted by Crippen LogP contribution is -2.26. The maximum absolute atomic E-state index is 12.9. The summed E-state index contributed by atoms with van der Waals surface area (Å²) in [6.07, 6.45) is 6.60. The molecule has 0 radical (unpaired) electrons. The van der Waals surface area contributed by atoms with E-state index in [4.69, 9.17) is 14.7 Å². The fourth-order valence-corrected chi connectivity index (χ4v) is 2.85. The van der Waals surface area contributed by atoms with E-state index in [0.29, 0.717) is 17.1 Å². The van der Waals surface area contributed by atoms with E-state index in [1.165, 1.54) is 6.08 Å². The zero-order chi connectivity index (χ0) is 21.5. The standard InChI is InChI=1S/C23H24N2O5/c1-29-20-11-8-17(14-21(20)30-2)19(23(27)24-18-9-10-18)13-16-5-3-15(4-6-16)7-12-22(26)25-28/h3-8,11-14,18,28H,9-10H2,1-2H3,(H,24,27)(H,25,26)/b12-7+,19-13?. The van der Waals surface area contributed by atoms with E-state index in [0.717, 1.165) is 29.5 Å². The number of hydrogen-bond acceptors (Lipinski definition) is 5. The maximum Gasteiger partial charge on any atom is 0.267 e. The molecule has 30 heavy (non-hydrogen) atoms. The van der Waals surface area contributed by atoms with Gasteiger partial charge in [-0.15, -0.1) is 0 Å². The van der Waals surface area contributed by atoms with Gasteiger partial charge in [-0.25, -0.2) is 5.48 Å². The van der Waals surface area contributed by atoms with E-state index < -0.39 is 5.91 Å². The number of rotatable bonds is 8. The number of nitrogens with one attached hydrogen (secondary N) is 2. The molecule has 2 aromatic carbocycles. The maximum atomic E-state index is 12.9. The van der Waals surface area contributed by atoms with Gasteiger partial charge in [-0.1, -0.05) is 30.3 Å². The van der Waals surface area contributed by atoms with E-state index in [1.54, 1.807) is 37.9 Å². The Hall–Kier alpha value is -3.58. The second-order valence-electron chi connectivity index (χ2n) is 6.85. The zero-order valence-corrected chi connectivity index (χ0v) is 16.8. The van der Waals surface area contributed by atoms with Gasteiger partial charge in [-0.2, -0.15) is 0 Å². The van der Waals surface area contributed by atoms with E-state index in [9.17, 15) is 9.59 Å². The molecule has 1 saturated carbocycles. The minimum Gasteiger partial charge on any atom is -0.493 e. The van der Waals surface area contributed by atoms with Crippen molar-refractivity contribution in [3.8, 4) is 11.5 Å². The van der Waals surface area contributed by atoms with Crippen LogP contribution in [0.3, 0.4) is 0 Å². The molecule has 0 spiro atoms. The van der Waals surface area contributed by atoms with Gasteiger partial charge in [0, 0.05) is 17.7 Å². The predicted molar refractivity (Wildman–Crippen MR) is 114 cm³/mol. The van der Waals surface area contributed by atoms with E-state index in [-0.39, 0.29) is 11.9 Å². The van der Waals surface area contributed by atoms with Crippen LogP contribution in [0.2, 0.25) is 0 Å². The number of carbonyl (C=O) groups excluding carboxylic acids is 2. The zero-order valence-electron chi connectivity index (χ0n) is 16.8. The van der Waals surface area contributed by atoms with Gasteiger partial charge in [-0.05, 0) is 53.8 Å². The van der Waals surface area contributed by atoms with Gasteiger partial charge >= 0.3 is 0 Å². The molecule has 2 amide bonds. The molecule has 0 atom stereocenters. The summed E-state index contributed by atoms with van der Waals surface area (Å²) >= 11 is 0. The van der Waals surface area contributed by atoms with Gasteiger partial charge in [0.1, 0.15) is 0 Å². The molecular formula is C23H24N2O5.